The largest absolute Gasteiger partial charge is 0.338 e. The monoisotopic (exact) mass is 508 g/mol. The summed E-state index contributed by atoms with van der Waals surface area (Å²) in [7, 11) is -4.02. The van der Waals surface area contributed by atoms with Gasteiger partial charge in [-0.15, -0.1) is 0 Å². The fraction of sp³-hybridized carbons (Fsp3) is 0.345. The molecule has 0 bridgehead atoms. The number of sulfonamides is 1. The van der Waals surface area contributed by atoms with E-state index in [0.717, 1.165) is 43.2 Å². The Morgan fingerprint density at radius 3 is 2.08 bits per heavy atom. The number of benzene rings is 3. The minimum atomic E-state index is -4.02. The van der Waals surface area contributed by atoms with Crippen LogP contribution in [0.25, 0.3) is 0 Å². The van der Waals surface area contributed by atoms with Crippen LogP contribution in [0.1, 0.15) is 42.4 Å². The smallest absolute Gasteiger partial charge is 0.246 e. The van der Waals surface area contributed by atoms with Crippen molar-refractivity contribution >= 4 is 16.4 Å². The van der Waals surface area contributed by atoms with Gasteiger partial charge in [0, 0.05) is 25.7 Å². The first-order chi connectivity index (χ1) is 17.4. The summed E-state index contributed by atoms with van der Waals surface area (Å²) in [5, 5.41) is 0. The van der Waals surface area contributed by atoms with Crippen LogP contribution in [0, 0.1) is 18.7 Å². The predicted molar refractivity (Wildman–Crippen MR) is 139 cm³/mol. The van der Waals surface area contributed by atoms with Gasteiger partial charge in [0.05, 0.1) is 0 Å². The van der Waals surface area contributed by atoms with Gasteiger partial charge in [-0.1, -0.05) is 72.3 Å². The van der Waals surface area contributed by atoms with Gasteiger partial charge in [0.2, 0.25) is 16.4 Å². The van der Waals surface area contributed by atoms with E-state index in [9.17, 15) is 17.6 Å². The highest BCUT2D eigenvalue weighted by atomic mass is 32.2. The number of hydrogen-bond acceptors (Lipinski definition) is 3. The maximum absolute atomic E-state index is 14.5. The molecule has 1 aliphatic carbocycles. The predicted octanol–water partition coefficient (Wildman–Crippen LogP) is 5.54. The van der Waals surface area contributed by atoms with Gasteiger partial charge in [-0.3, -0.25) is 4.79 Å². The molecule has 0 aromatic heterocycles. The van der Waals surface area contributed by atoms with Crippen LogP contribution in [0.4, 0.5) is 4.39 Å². The van der Waals surface area contributed by atoms with Crippen molar-refractivity contribution in [2.24, 2.45) is 5.92 Å². The van der Waals surface area contributed by atoms with Gasteiger partial charge < -0.3 is 4.90 Å². The quantitative estimate of drug-likeness (QED) is 0.338. The molecule has 1 aliphatic rings. The van der Waals surface area contributed by atoms with Crippen LogP contribution >= 0.6 is 0 Å². The lowest BCUT2D eigenvalue weighted by molar-refractivity contribution is -0.121. The molecule has 0 spiro atoms. The molecular weight excluding hydrogens is 475 g/mol. The SMILES string of the molecule is Cc1ccc(CN(C=O)C2CCC(CN(Cc3ccccc3)S(=O)(=O)c3ccccc3F)CC2)cc1. The molecule has 190 valence electrons. The Labute approximate surface area is 213 Å². The first-order valence-corrected chi connectivity index (χ1v) is 13.9. The molecular formula is C29H33FN2O3S. The third-order valence-corrected chi connectivity index (χ3v) is 8.87. The molecule has 0 saturated heterocycles. The topological polar surface area (TPSA) is 57.7 Å². The first-order valence-electron chi connectivity index (χ1n) is 12.4. The van der Waals surface area contributed by atoms with Gasteiger partial charge >= 0.3 is 0 Å². The molecule has 0 N–H and O–H groups in total. The number of halogens is 1. The van der Waals surface area contributed by atoms with E-state index in [1.54, 1.807) is 6.07 Å². The molecule has 3 aromatic rings. The molecule has 0 unspecified atom stereocenters. The summed E-state index contributed by atoms with van der Waals surface area (Å²) in [6.07, 6.45) is 4.17. The Balaban J connectivity index is 1.45. The molecule has 0 aliphatic heterocycles. The van der Waals surface area contributed by atoms with E-state index in [2.05, 4.69) is 0 Å². The van der Waals surface area contributed by atoms with Crippen molar-refractivity contribution in [1.29, 1.82) is 0 Å². The molecule has 4 rings (SSSR count). The number of rotatable bonds is 10. The van der Waals surface area contributed by atoms with Crippen LogP contribution < -0.4 is 0 Å². The zero-order valence-electron chi connectivity index (χ0n) is 20.6. The van der Waals surface area contributed by atoms with Gasteiger partial charge in [0.1, 0.15) is 10.7 Å². The molecule has 1 fully saturated rings. The fourth-order valence-corrected chi connectivity index (χ4v) is 6.50. The molecule has 0 heterocycles. The van der Waals surface area contributed by atoms with Crippen LogP contribution in [0.2, 0.25) is 0 Å². The number of hydrogen-bond donors (Lipinski definition) is 0. The fourth-order valence-electron chi connectivity index (χ4n) is 4.93. The zero-order valence-corrected chi connectivity index (χ0v) is 21.4. The van der Waals surface area contributed by atoms with Crippen molar-refractivity contribution in [2.45, 2.75) is 56.6 Å². The van der Waals surface area contributed by atoms with Crippen molar-refractivity contribution in [3.63, 3.8) is 0 Å². The van der Waals surface area contributed by atoms with E-state index in [1.807, 2.05) is 66.4 Å². The van der Waals surface area contributed by atoms with Gasteiger partial charge in [-0.05, 0) is 61.8 Å². The van der Waals surface area contributed by atoms with Crippen molar-refractivity contribution < 1.29 is 17.6 Å². The van der Waals surface area contributed by atoms with Crippen LogP contribution in [-0.2, 0) is 27.9 Å². The lowest BCUT2D eigenvalue weighted by atomic mass is 9.85. The highest BCUT2D eigenvalue weighted by Crippen LogP contribution is 2.31. The second-order valence-electron chi connectivity index (χ2n) is 9.65. The maximum atomic E-state index is 14.5. The number of carbonyl (C=O) groups excluding carboxylic acids is 1. The third-order valence-electron chi connectivity index (χ3n) is 7.02. The zero-order chi connectivity index (χ0) is 25.5. The molecule has 5 nitrogen and oxygen atoms in total. The van der Waals surface area contributed by atoms with E-state index in [1.165, 1.54) is 28.1 Å². The Kier molecular flexibility index (Phi) is 8.54. The van der Waals surface area contributed by atoms with Gasteiger partial charge in [-0.2, -0.15) is 4.31 Å². The summed E-state index contributed by atoms with van der Waals surface area (Å²) in [5.74, 6) is -0.601. The van der Waals surface area contributed by atoms with Crippen LogP contribution in [0.3, 0.4) is 0 Å². The van der Waals surface area contributed by atoms with Gasteiger partial charge in [-0.25, -0.2) is 12.8 Å². The van der Waals surface area contributed by atoms with E-state index < -0.39 is 15.8 Å². The van der Waals surface area contributed by atoms with Crippen molar-refractivity contribution in [3.8, 4) is 0 Å². The molecule has 1 saturated carbocycles. The Hall–Kier alpha value is -3.03. The second-order valence-corrected chi connectivity index (χ2v) is 11.6. The van der Waals surface area contributed by atoms with E-state index in [4.69, 9.17) is 0 Å². The van der Waals surface area contributed by atoms with Crippen LogP contribution in [0.5, 0.6) is 0 Å². The Morgan fingerprint density at radius 2 is 1.44 bits per heavy atom. The maximum Gasteiger partial charge on any atom is 0.246 e. The molecule has 0 atom stereocenters. The van der Waals surface area contributed by atoms with Gasteiger partial charge in [0.25, 0.3) is 0 Å². The summed E-state index contributed by atoms with van der Waals surface area (Å²) >= 11 is 0. The average molecular weight is 509 g/mol. The summed E-state index contributed by atoms with van der Waals surface area (Å²) in [5.41, 5.74) is 3.14. The van der Waals surface area contributed by atoms with E-state index >= 15 is 0 Å². The van der Waals surface area contributed by atoms with Crippen molar-refractivity contribution in [1.82, 2.24) is 9.21 Å². The Morgan fingerprint density at radius 1 is 0.833 bits per heavy atom. The van der Waals surface area contributed by atoms with Crippen LogP contribution in [0.15, 0.2) is 83.8 Å². The number of aryl methyl sites for hydroxylation is 1. The Bertz CT molecular complexity index is 1240. The summed E-state index contributed by atoms with van der Waals surface area (Å²) in [4.78, 5) is 13.4. The summed E-state index contributed by atoms with van der Waals surface area (Å²) < 4.78 is 42.9. The highest BCUT2D eigenvalue weighted by molar-refractivity contribution is 7.89. The minimum absolute atomic E-state index is 0.130. The standard InChI is InChI=1S/C29H33FN2O3S/c1-23-11-13-25(14-12-23)19-31(22-33)27-17-15-26(16-18-27)21-32(20-24-7-3-2-4-8-24)36(34,35)29-10-6-5-9-28(29)30/h2-14,22,26-27H,15-21H2,1H3. The highest BCUT2D eigenvalue weighted by Gasteiger charge is 2.32. The minimum Gasteiger partial charge on any atom is -0.338 e. The molecule has 1 amide bonds. The van der Waals surface area contributed by atoms with Crippen molar-refractivity contribution in [2.75, 3.05) is 6.54 Å². The molecule has 7 heteroatoms. The molecule has 0 radical (unpaired) electrons. The van der Waals surface area contributed by atoms with Crippen molar-refractivity contribution in [3.05, 3.63) is 101 Å². The van der Waals surface area contributed by atoms with E-state index in [0.29, 0.717) is 13.1 Å². The number of carbonyl (C=O) groups is 1. The van der Waals surface area contributed by atoms with Gasteiger partial charge in [0.15, 0.2) is 0 Å². The summed E-state index contributed by atoms with van der Waals surface area (Å²) in [6.45, 7) is 3.11. The normalized spacial score (nSPS) is 18.2. The molecule has 36 heavy (non-hydrogen) atoms. The number of amides is 1. The lowest BCUT2D eigenvalue weighted by Gasteiger charge is -2.36. The molecule has 3 aromatic carbocycles. The lowest BCUT2D eigenvalue weighted by Crippen LogP contribution is -2.40. The van der Waals surface area contributed by atoms with E-state index in [-0.39, 0.29) is 23.4 Å². The first kappa shape index (κ1) is 26.0. The second kappa shape index (κ2) is 11.8. The third kappa shape index (κ3) is 6.39. The van der Waals surface area contributed by atoms with Crippen LogP contribution in [-0.4, -0.2) is 36.6 Å². The summed E-state index contributed by atoms with van der Waals surface area (Å²) in [6, 6.07) is 23.3. The number of nitrogens with zero attached hydrogens (tertiary/aromatic N) is 2. The average Bonchev–Trinajstić information content (AvgIpc) is 2.89.